The fourth-order valence-corrected chi connectivity index (χ4v) is 2.38. The Morgan fingerprint density at radius 1 is 0.967 bits per heavy atom. The molecule has 2 aromatic rings. The van der Waals surface area contributed by atoms with E-state index in [1.54, 1.807) is 36.4 Å². The average molecular weight is 404 g/mol. The first-order valence-corrected chi connectivity index (χ1v) is 8.66. The van der Waals surface area contributed by atoms with Gasteiger partial charge in [-0.2, -0.15) is 0 Å². The molecule has 0 heterocycles. The molecule has 0 aromatic heterocycles. The molecule has 0 aliphatic rings. The van der Waals surface area contributed by atoms with Crippen molar-refractivity contribution in [1.82, 2.24) is 10.9 Å². The van der Waals surface area contributed by atoms with Crippen molar-refractivity contribution in [3.8, 4) is 35.7 Å². The highest BCUT2D eigenvalue weighted by molar-refractivity contribution is 5.97. The number of benzene rings is 2. The van der Waals surface area contributed by atoms with Gasteiger partial charge >= 0.3 is 0 Å². The van der Waals surface area contributed by atoms with Crippen molar-refractivity contribution in [3.05, 3.63) is 71.3 Å². The maximum atomic E-state index is 11.9. The van der Waals surface area contributed by atoms with Crippen molar-refractivity contribution in [2.75, 3.05) is 13.2 Å². The quantitative estimate of drug-likeness (QED) is 0.178. The summed E-state index contributed by atoms with van der Waals surface area (Å²) >= 11 is 0. The zero-order valence-electron chi connectivity index (χ0n) is 16.0. The minimum atomic E-state index is -0.515. The lowest BCUT2D eigenvalue weighted by molar-refractivity contribution is 0.0942. The number of hydrogen-bond donors (Lipinski definition) is 4. The van der Waals surface area contributed by atoms with E-state index in [0.717, 1.165) is 0 Å². The molecule has 152 valence electrons. The normalized spacial score (nSPS) is 9.37. The Morgan fingerprint density at radius 3 is 1.90 bits per heavy atom. The number of nitrogens with one attached hydrogen (secondary N) is 2. The van der Waals surface area contributed by atoms with Crippen LogP contribution in [0.1, 0.15) is 31.8 Å². The van der Waals surface area contributed by atoms with Crippen LogP contribution < -0.4 is 32.0 Å². The van der Waals surface area contributed by atoms with Crippen molar-refractivity contribution in [2.24, 2.45) is 11.7 Å². The molecular formula is C22H20N4O4. The Hall–Kier alpha value is -4.24. The van der Waals surface area contributed by atoms with E-state index in [2.05, 4.69) is 29.8 Å². The second kappa shape index (κ2) is 10.9. The molecule has 8 nitrogen and oxygen atoms in total. The molecule has 6 N–H and O–H groups in total. The van der Waals surface area contributed by atoms with E-state index in [0.29, 0.717) is 16.9 Å². The van der Waals surface area contributed by atoms with Crippen LogP contribution in [0, 0.1) is 24.2 Å². The summed E-state index contributed by atoms with van der Waals surface area (Å²) < 4.78 is 10.9. The monoisotopic (exact) mass is 404 g/mol. The van der Waals surface area contributed by atoms with Crippen molar-refractivity contribution < 1.29 is 19.1 Å². The van der Waals surface area contributed by atoms with Crippen molar-refractivity contribution in [1.29, 1.82) is 0 Å². The van der Waals surface area contributed by atoms with Crippen molar-refractivity contribution in [2.45, 2.75) is 0 Å². The Bertz CT molecular complexity index is 1060. The fourth-order valence-electron chi connectivity index (χ4n) is 2.38. The molecular weight excluding hydrogens is 384 g/mol. The molecule has 0 saturated heterocycles. The van der Waals surface area contributed by atoms with Gasteiger partial charge in [0.25, 0.3) is 11.8 Å². The molecule has 8 heteroatoms. The van der Waals surface area contributed by atoms with Gasteiger partial charge in [-0.3, -0.25) is 20.4 Å². The number of rotatable bonds is 7. The van der Waals surface area contributed by atoms with Gasteiger partial charge in [0.1, 0.15) is 24.7 Å². The van der Waals surface area contributed by atoms with E-state index in [1.165, 1.54) is 6.07 Å². The van der Waals surface area contributed by atoms with Crippen LogP contribution in [0.5, 0.6) is 11.5 Å². The molecule has 0 spiro atoms. The fraction of sp³-hybridized carbons (Fsp3) is 0.0909. The predicted molar refractivity (Wildman–Crippen MR) is 112 cm³/mol. The Kier molecular flexibility index (Phi) is 8.04. The lowest BCUT2D eigenvalue weighted by Gasteiger charge is -2.10. The Labute approximate surface area is 174 Å². The standard InChI is InChI=1S/C22H20N4O4/c1-3-11-29-19-13-15(7-9-17(19)21(27)25-23)5-6-16-8-10-18(22(28)26-24)20(14-16)30-12-4-2/h1,4,7-10,13-14H,2,11-12,23-24H2,(H,25,27)(H,26,28). The topological polar surface area (TPSA) is 129 Å². The summed E-state index contributed by atoms with van der Waals surface area (Å²) in [7, 11) is 0. The van der Waals surface area contributed by atoms with E-state index in [-0.39, 0.29) is 30.1 Å². The average Bonchev–Trinajstić information content (AvgIpc) is 2.78. The highest BCUT2D eigenvalue weighted by Gasteiger charge is 2.13. The van der Waals surface area contributed by atoms with Crippen molar-refractivity contribution in [3.63, 3.8) is 0 Å². The van der Waals surface area contributed by atoms with Gasteiger partial charge in [-0.1, -0.05) is 30.4 Å². The van der Waals surface area contributed by atoms with Crippen LogP contribution in [-0.4, -0.2) is 25.0 Å². The zero-order valence-corrected chi connectivity index (χ0v) is 16.0. The van der Waals surface area contributed by atoms with E-state index < -0.39 is 11.8 Å². The molecule has 0 saturated carbocycles. The smallest absolute Gasteiger partial charge is 0.268 e. The third-order valence-electron chi connectivity index (χ3n) is 3.73. The van der Waals surface area contributed by atoms with Crippen LogP contribution in [0.15, 0.2) is 49.1 Å². The van der Waals surface area contributed by atoms with E-state index in [4.69, 9.17) is 27.6 Å². The molecule has 0 unspecified atom stereocenters. The summed E-state index contributed by atoms with van der Waals surface area (Å²) in [5.41, 5.74) is 5.79. The summed E-state index contributed by atoms with van der Waals surface area (Å²) in [5, 5.41) is 0. The maximum absolute atomic E-state index is 11.9. The van der Waals surface area contributed by atoms with Gasteiger partial charge in [0, 0.05) is 11.1 Å². The van der Waals surface area contributed by atoms with Crippen LogP contribution in [0.25, 0.3) is 0 Å². The zero-order chi connectivity index (χ0) is 21.9. The molecule has 2 amide bonds. The minimum absolute atomic E-state index is 0.0175. The molecule has 0 radical (unpaired) electrons. The first-order valence-electron chi connectivity index (χ1n) is 8.66. The number of nitrogen functional groups attached to an aromatic ring is 2. The Morgan fingerprint density at radius 2 is 1.47 bits per heavy atom. The molecule has 0 fully saturated rings. The van der Waals surface area contributed by atoms with Crippen LogP contribution in [-0.2, 0) is 0 Å². The molecule has 0 aliphatic heterocycles. The third kappa shape index (κ3) is 5.63. The van der Waals surface area contributed by atoms with Crippen LogP contribution in [0.3, 0.4) is 0 Å². The van der Waals surface area contributed by atoms with E-state index >= 15 is 0 Å². The van der Waals surface area contributed by atoms with Gasteiger partial charge < -0.3 is 9.47 Å². The first-order chi connectivity index (χ1) is 14.5. The van der Waals surface area contributed by atoms with Crippen LogP contribution in [0.4, 0.5) is 0 Å². The maximum Gasteiger partial charge on any atom is 0.268 e. The molecule has 0 aliphatic carbocycles. The number of hydrazine groups is 2. The van der Waals surface area contributed by atoms with Gasteiger partial charge in [0.05, 0.1) is 11.1 Å². The van der Waals surface area contributed by atoms with Crippen LogP contribution >= 0.6 is 0 Å². The Balaban J connectivity index is 2.38. The lowest BCUT2D eigenvalue weighted by atomic mass is 10.1. The van der Waals surface area contributed by atoms with E-state index in [1.807, 2.05) is 5.43 Å². The summed E-state index contributed by atoms with van der Waals surface area (Å²) in [6, 6.07) is 9.59. The van der Waals surface area contributed by atoms with Crippen molar-refractivity contribution >= 4 is 11.8 Å². The summed E-state index contributed by atoms with van der Waals surface area (Å²) in [6.45, 7) is 3.78. The highest BCUT2D eigenvalue weighted by Crippen LogP contribution is 2.22. The minimum Gasteiger partial charge on any atom is -0.489 e. The molecule has 30 heavy (non-hydrogen) atoms. The summed E-state index contributed by atoms with van der Waals surface area (Å²) in [5.74, 6) is 18.2. The van der Waals surface area contributed by atoms with Gasteiger partial charge in [0.2, 0.25) is 0 Å². The number of carbonyl (C=O) groups is 2. The van der Waals surface area contributed by atoms with Crippen LogP contribution in [0.2, 0.25) is 0 Å². The molecule has 2 aromatic carbocycles. The largest absolute Gasteiger partial charge is 0.489 e. The SMILES string of the molecule is C#CCOc1cc(C#Cc2ccc(C(=O)NN)c(OCC=C)c2)ccc1C(=O)NN. The molecule has 0 atom stereocenters. The third-order valence-corrected chi connectivity index (χ3v) is 3.73. The van der Waals surface area contributed by atoms with Gasteiger partial charge in [-0.15, -0.1) is 6.42 Å². The number of ether oxygens (including phenoxy) is 2. The number of hydrogen-bond acceptors (Lipinski definition) is 6. The van der Waals surface area contributed by atoms with Gasteiger partial charge in [-0.25, -0.2) is 11.7 Å². The van der Waals surface area contributed by atoms with Gasteiger partial charge in [-0.05, 0) is 36.4 Å². The van der Waals surface area contributed by atoms with E-state index in [9.17, 15) is 9.59 Å². The number of terminal acetylenes is 1. The summed E-state index contributed by atoms with van der Waals surface area (Å²) in [6.07, 6.45) is 6.77. The molecule has 2 rings (SSSR count). The lowest BCUT2D eigenvalue weighted by Crippen LogP contribution is -2.30. The summed E-state index contributed by atoms with van der Waals surface area (Å²) in [4.78, 5) is 23.7. The predicted octanol–water partition coefficient (Wildman–Crippen LogP) is 0.870. The number of nitrogens with two attached hydrogens (primary N) is 2. The number of carbonyl (C=O) groups excluding carboxylic acids is 2. The second-order valence-electron chi connectivity index (χ2n) is 5.71. The highest BCUT2D eigenvalue weighted by atomic mass is 16.5. The van der Waals surface area contributed by atoms with Gasteiger partial charge in [0.15, 0.2) is 0 Å². The second-order valence-corrected chi connectivity index (χ2v) is 5.71. The first kappa shape index (κ1) is 22.1. The molecule has 0 bridgehead atoms. The number of amides is 2.